The summed E-state index contributed by atoms with van der Waals surface area (Å²) in [4.78, 5) is 15.7. The summed E-state index contributed by atoms with van der Waals surface area (Å²) in [5, 5.41) is 0. The van der Waals surface area contributed by atoms with Gasteiger partial charge in [-0.1, -0.05) is 303 Å². The molecule has 358 valence electrons. The molecule has 0 unspecified atom stereocenters. The van der Waals surface area contributed by atoms with Gasteiger partial charge >= 0.3 is 0 Å². The van der Waals surface area contributed by atoms with E-state index in [-0.39, 0.29) is 0 Å². The quantitative estimate of drug-likeness (QED) is 0.0441. The molecule has 0 atom stereocenters. The van der Waals surface area contributed by atoms with Gasteiger partial charge in [0.1, 0.15) is 0 Å². The molecule has 2 nitrogen and oxygen atoms in total. The second-order valence-corrected chi connectivity index (χ2v) is 19.7. The van der Waals surface area contributed by atoms with Gasteiger partial charge < -0.3 is 4.90 Å². The van der Waals surface area contributed by atoms with E-state index in [9.17, 15) is 4.79 Å². The minimum Gasteiger partial charge on any atom is -0.343 e. The summed E-state index contributed by atoms with van der Waals surface area (Å²) in [6.45, 7) is 8.92. The van der Waals surface area contributed by atoms with Crippen LogP contribution < -0.4 is 0 Å². The van der Waals surface area contributed by atoms with Crippen molar-refractivity contribution in [2.75, 3.05) is 13.1 Å². The van der Waals surface area contributed by atoms with Crippen LogP contribution in [0.3, 0.4) is 0 Å². The Morgan fingerprint density at radius 2 is 0.467 bits per heavy atom. The number of hydrogen-bond acceptors (Lipinski definition) is 1. The average Bonchev–Trinajstić information content (AvgIpc) is 3.26. The van der Waals surface area contributed by atoms with E-state index in [1.165, 1.54) is 308 Å². The van der Waals surface area contributed by atoms with Gasteiger partial charge in [0.05, 0.1) is 0 Å². The van der Waals surface area contributed by atoms with Crippen molar-refractivity contribution < 1.29 is 4.79 Å². The van der Waals surface area contributed by atoms with Gasteiger partial charge in [-0.05, 0) is 44.9 Å². The molecule has 0 rings (SSSR count). The molecule has 0 saturated heterocycles. The zero-order chi connectivity index (χ0) is 43.3. The Hall–Kier alpha value is -0.790. The van der Waals surface area contributed by atoms with Crippen LogP contribution in [0.25, 0.3) is 0 Å². The van der Waals surface area contributed by atoms with Gasteiger partial charge in [0.15, 0.2) is 0 Å². The van der Waals surface area contributed by atoms with E-state index >= 15 is 0 Å². The highest BCUT2D eigenvalue weighted by Gasteiger charge is 2.13. The second-order valence-electron chi connectivity index (χ2n) is 19.7. The first kappa shape index (κ1) is 59.2. The lowest BCUT2D eigenvalue weighted by molar-refractivity contribution is -0.131. The minimum atomic E-state index is 0.456. The minimum absolute atomic E-state index is 0.456. The van der Waals surface area contributed by atoms with Gasteiger partial charge in [0, 0.05) is 19.5 Å². The van der Waals surface area contributed by atoms with Crippen molar-refractivity contribution >= 4 is 5.91 Å². The van der Waals surface area contributed by atoms with E-state index in [4.69, 9.17) is 0 Å². The summed E-state index contributed by atoms with van der Waals surface area (Å²) < 4.78 is 0. The van der Waals surface area contributed by atoms with Crippen molar-refractivity contribution in [1.29, 1.82) is 0 Å². The average molecular weight is 843 g/mol. The third-order valence-corrected chi connectivity index (χ3v) is 13.6. The number of amides is 1. The molecule has 0 N–H and O–H groups in total. The Bertz CT molecular complexity index is 769. The molecule has 0 aromatic rings. The fraction of sp³-hybridized carbons (Fsp3) is 0.948. The van der Waals surface area contributed by atoms with Crippen molar-refractivity contribution in [2.24, 2.45) is 0 Å². The van der Waals surface area contributed by atoms with Crippen LogP contribution in [0.1, 0.15) is 342 Å². The van der Waals surface area contributed by atoms with Gasteiger partial charge in [-0.3, -0.25) is 4.79 Å². The predicted molar refractivity (Wildman–Crippen MR) is 274 cm³/mol. The molecule has 0 radical (unpaired) electrons. The van der Waals surface area contributed by atoms with Crippen LogP contribution in [-0.2, 0) is 4.79 Å². The molecule has 0 aliphatic carbocycles. The van der Waals surface area contributed by atoms with Crippen LogP contribution in [0.5, 0.6) is 0 Å². The second kappa shape index (κ2) is 54.3. The highest BCUT2D eigenvalue weighted by atomic mass is 16.2. The molecule has 60 heavy (non-hydrogen) atoms. The van der Waals surface area contributed by atoms with Crippen LogP contribution in [0.2, 0.25) is 0 Å². The normalized spacial score (nSPS) is 11.7. The molecule has 0 fully saturated rings. The van der Waals surface area contributed by atoms with Crippen LogP contribution >= 0.6 is 0 Å². The lowest BCUT2D eigenvalue weighted by Crippen LogP contribution is -2.32. The highest BCUT2D eigenvalue weighted by Crippen LogP contribution is 2.18. The highest BCUT2D eigenvalue weighted by molar-refractivity contribution is 5.76. The largest absolute Gasteiger partial charge is 0.343 e. The zero-order valence-electron chi connectivity index (χ0n) is 42.3. The van der Waals surface area contributed by atoms with Crippen molar-refractivity contribution in [3.63, 3.8) is 0 Å². The number of allylic oxidation sites excluding steroid dienone is 2. The molecule has 1 amide bonds. The molecule has 0 heterocycles. The van der Waals surface area contributed by atoms with E-state index in [0.29, 0.717) is 5.91 Å². The van der Waals surface area contributed by atoms with Gasteiger partial charge in [0.25, 0.3) is 0 Å². The number of hydrogen-bond donors (Lipinski definition) is 0. The summed E-state index contributed by atoms with van der Waals surface area (Å²) >= 11 is 0. The summed E-state index contributed by atoms with van der Waals surface area (Å²) in [7, 11) is 0. The van der Waals surface area contributed by atoms with Crippen molar-refractivity contribution in [3.8, 4) is 0 Å². The number of rotatable bonds is 53. The summed E-state index contributed by atoms with van der Waals surface area (Å²) in [6, 6.07) is 0. The SMILES string of the molecule is CCCCCCCC/C=C\CCCCCCCCCCCC(=O)N(CCCCCCCCCCCCCCCCCC)CCCCCCCCCCCCCCCCCC. The molecule has 0 aromatic carbocycles. The Labute approximate surface area is 381 Å². The predicted octanol–water partition coefficient (Wildman–Crippen LogP) is 20.9. The van der Waals surface area contributed by atoms with Crippen molar-refractivity contribution in [2.45, 2.75) is 342 Å². The Balaban J connectivity index is 4.09. The molecule has 0 spiro atoms. The van der Waals surface area contributed by atoms with E-state index in [1.54, 1.807) is 0 Å². The van der Waals surface area contributed by atoms with Crippen LogP contribution in [0, 0.1) is 0 Å². The van der Waals surface area contributed by atoms with Crippen molar-refractivity contribution in [3.05, 3.63) is 12.2 Å². The molecule has 0 aliphatic heterocycles. The Morgan fingerprint density at radius 3 is 0.717 bits per heavy atom. The van der Waals surface area contributed by atoms with Crippen molar-refractivity contribution in [1.82, 2.24) is 4.90 Å². The third kappa shape index (κ3) is 49.9. The first-order chi connectivity index (χ1) is 29.8. The Morgan fingerprint density at radius 1 is 0.267 bits per heavy atom. The number of unbranched alkanes of at least 4 members (excludes halogenated alkanes) is 45. The topological polar surface area (TPSA) is 20.3 Å². The van der Waals surface area contributed by atoms with Gasteiger partial charge in [-0.15, -0.1) is 0 Å². The van der Waals surface area contributed by atoms with Crippen LogP contribution in [-0.4, -0.2) is 23.9 Å². The maximum Gasteiger partial charge on any atom is 0.222 e. The lowest BCUT2D eigenvalue weighted by Gasteiger charge is -2.23. The van der Waals surface area contributed by atoms with Crippen LogP contribution in [0.15, 0.2) is 12.2 Å². The monoisotopic (exact) mass is 842 g/mol. The molecule has 0 aliphatic rings. The van der Waals surface area contributed by atoms with Gasteiger partial charge in [-0.2, -0.15) is 0 Å². The number of nitrogens with zero attached hydrogens (tertiary/aromatic N) is 1. The molecule has 2 heteroatoms. The molecule has 0 aromatic heterocycles. The zero-order valence-corrected chi connectivity index (χ0v) is 42.3. The molecule has 0 saturated carbocycles. The van der Waals surface area contributed by atoms with E-state index in [0.717, 1.165) is 25.9 Å². The first-order valence-electron chi connectivity index (χ1n) is 28.7. The maximum atomic E-state index is 13.4. The summed E-state index contributed by atoms with van der Waals surface area (Å²) in [5.41, 5.74) is 0. The molecular formula is C58H115NO. The standard InChI is InChI=1S/C58H115NO/c1-4-7-10-13-16-19-22-25-28-31-32-33-34-37-40-43-46-49-52-55-58(60)59(56-53-50-47-44-41-38-35-29-26-23-20-17-14-11-8-5-2)57-54-51-48-45-42-39-36-30-27-24-21-18-15-12-9-6-3/h25,28H,4-24,26-27,29-57H2,1-3H3/b28-25-. The smallest absolute Gasteiger partial charge is 0.222 e. The Kier molecular flexibility index (Phi) is 53.6. The fourth-order valence-corrected chi connectivity index (χ4v) is 9.27. The number of carbonyl (C=O) groups is 1. The molecule has 0 bridgehead atoms. The van der Waals surface area contributed by atoms with Gasteiger partial charge in [0.2, 0.25) is 5.91 Å². The van der Waals surface area contributed by atoms with Gasteiger partial charge in [-0.25, -0.2) is 0 Å². The lowest BCUT2D eigenvalue weighted by atomic mass is 10.0. The third-order valence-electron chi connectivity index (χ3n) is 13.6. The fourth-order valence-electron chi connectivity index (χ4n) is 9.27. The summed E-state index contributed by atoms with van der Waals surface area (Å²) in [6.07, 6.45) is 73.6. The van der Waals surface area contributed by atoms with E-state index in [2.05, 4.69) is 37.8 Å². The first-order valence-corrected chi connectivity index (χ1v) is 28.7. The summed E-state index contributed by atoms with van der Waals surface area (Å²) in [5.74, 6) is 0.456. The number of carbonyl (C=O) groups excluding carboxylic acids is 1. The van der Waals surface area contributed by atoms with Crippen LogP contribution in [0.4, 0.5) is 0 Å². The molecular weight excluding hydrogens is 727 g/mol. The van der Waals surface area contributed by atoms with E-state index < -0.39 is 0 Å². The maximum absolute atomic E-state index is 13.4. The van der Waals surface area contributed by atoms with E-state index in [1.807, 2.05) is 0 Å².